The number of nitrogens with one attached hydrogen (secondary N) is 8. The van der Waals surface area contributed by atoms with Crippen LogP contribution in [0.1, 0.15) is 81.0 Å². The predicted molar refractivity (Wildman–Crippen MR) is 248 cm³/mol. The number of carboxylic acids is 2. The summed E-state index contributed by atoms with van der Waals surface area (Å²) in [4.78, 5) is 140. The van der Waals surface area contributed by atoms with Crippen LogP contribution >= 0.6 is 0 Å². The SMILES string of the molecule is NCCCC[C@H]1NC(=O)[C@@H](NC(=O)[C@H](NC(=O)[C@@H](CC(N)=O)NC(=O)C[C@H](O)[C@H](N)CCCCNC(=O)c2ccc(S(=O)(=O)O)c(O)c2O)[C@@H](O)C(=O)O)CCCCNC(=O)CNC(=O)[C@H]([C@@H](O)C(=O)O)NC1=O. The molecule has 33 heteroatoms. The van der Waals surface area contributed by atoms with Crippen LogP contribution in [0.15, 0.2) is 17.0 Å². The molecule has 1 aromatic rings. The van der Waals surface area contributed by atoms with E-state index in [0.29, 0.717) is 6.07 Å². The summed E-state index contributed by atoms with van der Waals surface area (Å²) in [6.45, 7) is -0.753. The van der Waals surface area contributed by atoms with E-state index in [2.05, 4.69) is 31.9 Å². The molecule has 1 heterocycles. The number of rotatable bonds is 25. The van der Waals surface area contributed by atoms with Gasteiger partial charge in [0.25, 0.3) is 16.0 Å². The fourth-order valence-corrected chi connectivity index (χ4v) is 7.51. The van der Waals surface area contributed by atoms with Crippen molar-refractivity contribution < 1.29 is 101 Å². The Labute approximate surface area is 421 Å². The van der Waals surface area contributed by atoms with Crippen molar-refractivity contribution in [3.8, 4) is 11.5 Å². The van der Waals surface area contributed by atoms with Crippen LogP contribution in [0.5, 0.6) is 11.5 Å². The Morgan fingerprint density at radius 1 is 0.797 bits per heavy atom. The number of hydrogen-bond acceptors (Lipinski definition) is 20. The van der Waals surface area contributed by atoms with Gasteiger partial charge in [-0.25, -0.2) is 9.59 Å². The number of unbranched alkanes of at least 4 members (excludes halogenated alkanes) is 2. The van der Waals surface area contributed by atoms with Gasteiger partial charge in [-0.15, -0.1) is 0 Å². The molecule has 0 aromatic heterocycles. The summed E-state index contributed by atoms with van der Waals surface area (Å²) in [6, 6.07) is -9.61. The van der Waals surface area contributed by atoms with Gasteiger partial charge in [-0.2, -0.15) is 8.42 Å². The lowest BCUT2D eigenvalue weighted by atomic mass is 10.0. The molecule has 0 radical (unpaired) electrons. The van der Waals surface area contributed by atoms with Gasteiger partial charge in [0.15, 0.2) is 23.7 Å². The lowest BCUT2D eigenvalue weighted by Crippen LogP contribution is -2.63. The predicted octanol–water partition coefficient (Wildman–Crippen LogP) is -7.94. The van der Waals surface area contributed by atoms with Gasteiger partial charge in [0, 0.05) is 19.1 Å². The van der Waals surface area contributed by atoms with E-state index in [1.54, 1.807) is 0 Å². The quantitative estimate of drug-likeness (QED) is 0.0246. The number of phenols is 2. The maximum Gasteiger partial charge on any atom is 0.335 e. The van der Waals surface area contributed by atoms with E-state index in [1.807, 2.05) is 10.6 Å². The average Bonchev–Trinajstić information content (AvgIpc) is 3.31. The highest BCUT2D eigenvalue weighted by Gasteiger charge is 2.40. The Morgan fingerprint density at radius 3 is 2.08 bits per heavy atom. The molecular weight excluding hydrogens is 1010 g/mol. The van der Waals surface area contributed by atoms with E-state index in [-0.39, 0.29) is 77.4 Å². The van der Waals surface area contributed by atoms with E-state index < -0.39 is 171 Å². The third kappa shape index (κ3) is 20.3. The second-order valence-corrected chi connectivity index (χ2v) is 18.2. The summed E-state index contributed by atoms with van der Waals surface area (Å²) in [5.41, 5.74) is 16.3. The number of carbonyl (C=O) groups is 11. The zero-order chi connectivity index (χ0) is 56.0. The number of aliphatic hydroxyl groups is 3. The number of hydrogen-bond donors (Lipinski definition) is 19. The van der Waals surface area contributed by atoms with Crippen LogP contribution in [0, 0.1) is 0 Å². The van der Waals surface area contributed by atoms with E-state index >= 15 is 0 Å². The minimum absolute atomic E-state index is 0.0148. The number of amides is 9. The molecule has 2 rings (SSSR count). The second-order valence-electron chi connectivity index (χ2n) is 16.8. The summed E-state index contributed by atoms with van der Waals surface area (Å²) in [6.07, 6.45) is -8.33. The number of nitrogens with two attached hydrogens (primary N) is 3. The molecule has 0 spiro atoms. The van der Waals surface area contributed by atoms with Crippen molar-refractivity contribution in [2.75, 3.05) is 26.2 Å². The zero-order valence-electron chi connectivity index (χ0n) is 39.5. The molecule has 9 amide bonds. The molecule has 0 aliphatic carbocycles. The summed E-state index contributed by atoms with van der Waals surface area (Å²) < 4.78 is 31.8. The van der Waals surface area contributed by atoms with Crippen molar-refractivity contribution in [3.63, 3.8) is 0 Å². The second kappa shape index (κ2) is 30.0. The zero-order valence-corrected chi connectivity index (χ0v) is 40.3. The van der Waals surface area contributed by atoms with Gasteiger partial charge < -0.3 is 95.5 Å². The summed E-state index contributed by atoms with van der Waals surface area (Å²) in [7, 11) is -4.92. The van der Waals surface area contributed by atoms with Gasteiger partial charge in [-0.1, -0.05) is 6.42 Å². The van der Waals surface area contributed by atoms with E-state index in [4.69, 9.17) is 21.8 Å². The Hall–Kier alpha value is -7.30. The molecular formula is C41H63N11O21S. The van der Waals surface area contributed by atoms with Gasteiger partial charge >= 0.3 is 11.9 Å². The summed E-state index contributed by atoms with van der Waals surface area (Å²) in [5, 5.41) is 88.0. The standard InChI is InChI=1S/C41H63N11O21S/c42-12-4-1-8-21-36(63)51-28(32(59)40(67)68)38(65)47-17-27(56)45-13-6-3-9-20(35(62)49-21)50-39(66)29(33(60)41(69)70)52-37(64)22(15-25(44)54)48-26(55)16-23(53)19(43)7-2-5-14-46-34(61)18-10-11-24(74(71,72)73)31(58)30(18)57/h10-11,19-23,28-29,32-33,53,57-60H,1-9,12-17,42-43H2,(H2,44,54)(H,45,56)(H,46,61)(H,47,65)(H,48,55)(H,49,62)(H,50,66)(H,51,63)(H,52,64)(H,67,68)(H,69,70)(H,71,72,73)/t19-,20+,21-,22-,23+,28+,29-,32-,33-/m1/s1. The van der Waals surface area contributed by atoms with Gasteiger partial charge in [-0.3, -0.25) is 47.7 Å². The van der Waals surface area contributed by atoms with Gasteiger partial charge in [0.2, 0.25) is 47.3 Å². The first-order valence-electron chi connectivity index (χ1n) is 22.7. The fraction of sp³-hybridized carbons (Fsp3) is 0.585. The summed E-state index contributed by atoms with van der Waals surface area (Å²) >= 11 is 0. The molecule has 0 saturated carbocycles. The van der Waals surface area contributed by atoms with Crippen molar-refractivity contribution >= 4 is 75.2 Å². The van der Waals surface area contributed by atoms with E-state index in [1.165, 1.54) is 0 Å². The molecule has 1 saturated heterocycles. The minimum atomic E-state index is -4.92. The molecule has 1 aliphatic heterocycles. The third-order valence-corrected chi connectivity index (χ3v) is 11.9. The van der Waals surface area contributed by atoms with Crippen molar-refractivity contribution in [2.45, 2.75) is 130 Å². The van der Waals surface area contributed by atoms with E-state index in [0.717, 1.165) is 6.07 Å². The first-order valence-corrected chi connectivity index (χ1v) is 24.1. The maximum absolute atomic E-state index is 13.9. The number of aliphatic hydroxyl groups excluding tert-OH is 3. The highest BCUT2D eigenvalue weighted by molar-refractivity contribution is 7.86. The largest absolute Gasteiger partial charge is 0.504 e. The molecule has 0 bridgehead atoms. The number of aliphatic carboxylic acids is 2. The van der Waals surface area contributed by atoms with Crippen molar-refractivity contribution in [1.82, 2.24) is 42.5 Å². The molecule has 0 unspecified atom stereocenters. The first-order chi connectivity index (χ1) is 34.6. The lowest BCUT2D eigenvalue weighted by Gasteiger charge is -2.28. The van der Waals surface area contributed by atoms with Crippen molar-refractivity contribution in [3.05, 3.63) is 17.7 Å². The number of carboxylic acid groups (broad SMARTS) is 2. The summed E-state index contributed by atoms with van der Waals surface area (Å²) in [5.74, 6) is -17.1. The van der Waals surface area contributed by atoms with Crippen LogP contribution in [-0.2, 0) is 58.1 Å². The Balaban J connectivity index is 2.23. The number of primary amides is 1. The van der Waals surface area contributed by atoms with Crippen molar-refractivity contribution in [2.24, 2.45) is 17.2 Å². The van der Waals surface area contributed by atoms with Crippen LogP contribution in [0.4, 0.5) is 0 Å². The Bertz CT molecular complexity index is 2340. The first kappa shape index (κ1) is 62.8. The molecule has 32 nitrogen and oxygen atoms in total. The van der Waals surface area contributed by atoms with Crippen LogP contribution < -0.4 is 59.7 Å². The third-order valence-electron chi connectivity index (χ3n) is 11.0. The van der Waals surface area contributed by atoms with Crippen LogP contribution in [0.2, 0.25) is 0 Å². The molecule has 1 aliphatic rings. The number of aromatic hydroxyl groups is 2. The molecule has 22 N–H and O–H groups in total. The minimum Gasteiger partial charge on any atom is -0.504 e. The van der Waals surface area contributed by atoms with E-state index in [9.17, 15) is 96.9 Å². The normalized spacial score (nSPS) is 19.5. The van der Waals surface area contributed by atoms with Gasteiger partial charge in [-0.05, 0) is 70.0 Å². The van der Waals surface area contributed by atoms with Crippen LogP contribution in [0.25, 0.3) is 0 Å². The Morgan fingerprint density at radius 2 is 1.47 bits per heavy atom. The molecule has 1 aromatic carbocycles. The fourth-order valence-electron chi connectivity index (χ4n) is 6.93. The topological polar surface area (TPSA) is 558 Å². The van der Waals surface area contributed by atoms with Gasteiger partial charge in [0.1, 0.15) is 35.1 Å². The number of benzene rings is 1. The highest BCUT2D eigenvalue weighted by atomic mass is 32.2. The number of carbonyl (C=O) groups excluding carboxylic acids is 9. The maximum atomic E-state index is 13.9. The number of phenolic OH excluding ortho intramolecular Hbond substituents is 2. The molecule has 1 fully saturated rings. The average molecular weight is 1080 g/mol. The molecule has 74 heavy (non-hydrogen) atoms. The molecule has 414 valence electrons. The highest BCUT2D eigenvalue weighted by Crippen LogP contribution is 2.35. The van der Waals surface area contributed by atoms with Crippen LogP contribution in [-0.4, -0.2) is 195 Å². The smallest absolute Gasteiger partial charge is 0.335 e. The van der Waals surface area contributed by atoms with Crippen molar-refractivity contribution in [1.29, 1.82) is 0 Å². The lowest BCUT2D eigenvalue weighted by molar-refractivity contribution is -0.153. The van der Waals surface area contributed by atoms with Crippen LogP contribution in [0.3, 0.4) is 0 Å². The Kier molecular flexibility index (Phi) is 25.5. The molecule has 9 atom stereocenters. The monoisotopic (exact) mass is 1080 g/mol. The van der Waals surface area contributed by atoms with Gasteiger partial charge in [0.05, 0.1) is 31.1 Å².